The van der Waals surface area contributed by atoms with Crippen LogP contribution < -0.4 is 26.1 Å². The maximum atomic E-state index is 11.2. The van der Waals surface area contributed by atoms with Gasteiger partial charge in [0.05, 0.1) is 25.2 Å². The fraction of sp³-hybridized carbons (Fsp3) is 0.314. The van der Waals surface area contributed by atoms with E-state index in [4.69, 9.17) is 24.5 Å². The molecule has 12 nitrogen and oxygen atoms in total. The topological polar surface area (TPSA) is 175 Å². The van der Waals surface area contributed by atoms with Crippen molar-refractivity contribution in [1.82, 2.24) is 4.90 Å². The van der Waals surface area contributed by atoms with Crippen molar-refractivity contribution in [1.29, 1.82) is 0 Å². The number of sulfone groups is 1. The molecule has 0 aliphatic carbocycles. The van der Waals surface area contributed by atoms with Crippen molar-refractivity contribution in [2.75, 3.05) is 37.9 Å². The summed E-state index contributed by atoms with van der Waals surface area (Å²) in [6.07, 6.45) is 2.13. The van der Waals surface area contributed by atoms with Gasteiger partial charge in [-0.05, 0) is 108 Å². The zero-order valence-electron chi connectivity index (χ0n) is 29.9. The number of nitrogen functional groups attached to an aromatic ring is 1. The molecule has 0 saturated heterocycles. The van der Waals surface area contributed by atoms with Gasteiger partial charge < -0.3 is 39.5 Å². The molecule has 4 aromatic carbocycles. The second kappa shape index (κ2) is 20.0. The molecule has 0 spiro atoms. The molecule has 0 aromatic heterocycles. The highest BCUT2D eigenvalue weighted by atomic mass is 35.7. The summed E-state index contributed by atoms with van der Waals surface area (Å²) in [5, 5.41) is 19.1. The highest BCUT2D eigenvalue weighted by molar-refractivity contribution is 8.13. The summed E-state index contributed by atoms with van der Waals surface area (Å²) < 4.78 is 63.0. The average Bonchev–Trinajstić information content (AvgIpc) is 3.64. The minimum atomic E-state index is -3.19. The van der Waals surface area contributed by atoms with Gasteiger partial charge in [0.2, 0.25) is 9.05 Å². The normalized spacial score (nSPS) is 13.1. The Kier molecular flexibility index (Phi) is 16.5. The molecule has 0 radical (unpaired) electrons. The fourth-order valence-corrected chi connectivity index (χ4v) is 5.77. The molecule has 4 aromatic rings. The Morgan fingerprint density at radius 2 is 1.06 bits per heavy atom. The van der Waals surface area contributed by atoms with Crippen LogP contribution >= 0.6 is 10.7 Å². The predicted octanol–water partition coefficient (Wildman–Crippen LogP) is 4.05. The van der Waals surface area contributed by atoms with E-state index in [1.54, 1.807) is 48.5 Å². The van der Waals surface area contributed by atoms with E-state index in [9.17, 15) is 26.9 Å². The van der Waals surface area contributed by atoms with Crippen LogP contribution in [0.3, 0.4) is 0 Å². The van der Waals surface area contributed by atoms with Crippen molar-refractivity contribution in [3.05, 3.63) is 102 Å². The third-order valence-corrected chi connectivity index (χ3v) is 8.46. The van der Waals surface area contributed by atoms with Gasteiger partial charge in [0.15, 0.2) is 9.84 Å². The summed E-state index contributed by atoms with van der Waals surface area (Å²) in [6, 6.07) is 25.0. The van der Waals surface area contributed by atoms with Crippen molar-refractivity contribution in [2.45, 2.75) is 39.7 Å². The van der Waals surface area contributed by atoms with Crippen LogP contribution in [-0.4, -0.2) is 78.2 Å². The first kappa shape index (κ1) is 42.8. The number of nitrogens with two attached hydrogens (primary N) is 1. The molecule has 2 aliphatic rings. The lowest BCUT2D eigenvalue weighted by atomic mass is 9.80. The Hall–Kier alpha value is -3.60. The van der Waals surface area contributed by atoms with Gasteiger partial charge in [-0.15, -0.1) is 0 Å². The molecule has 17 heteroatoms. The molecule has 0 bridgehead atoms. The predicted molar refractivity (Wildman–Crippen MR) is 208 cm³/mol. The van der Waals surface area contributed by atoms with E-state index in [0.717, 1.165) is 45.4 Å². The third-order valence-electron chi connectivity index (χ3n) is 7.60. The molecular weight excluding hydrogens is 730 g/mol. The Bertz CT molecular complexity index is 1940. The molecule has 52 heavy (non-hydrogen) atoms. The molecule has 280 valence electrons. The second-order valence-corrected chi connectivity index (χ2v) is 17.0. The standard InChI is InChI=1S/C15H15BO5S.C13H12BNO3.C6H15N.CH3ClO2S/c1-22(18,19)10-11-2-4-13(5-3-11)21-14-6-7-15-12(8-14)9-20-16(15)17;15-10-1-3-11(4-2-10)18-12-5-6-13-9(7-12)8-17-14(13)16;1-4-7(5-2)6-3;1-5(2,3)4/h2-8,17H,9-10H2,1H3;1-7,16H,8,15H2;4-6H2,1-3H3;1H3. The average molecular weight is 775 g/mol. The van der Waals surface area contributed by atoms with Crippen molar-refractivity contribution in [3.8, 4) is 23.0 Å². The lowest BCUT2D eigenvalue weighted by Gasteiger charge is -2.13. The number of nitrogens with zero attached hydrogens (tertiary/aromatic N) is 1. The zero-order valence-corrected chi connectivity index (χ0v) is 32.2. The van der Waals surface area contributed by atoms with Crippen LogP contribution in [0.25, 0.3) is 0 Å². The third kappa shape index (κ3) is 15.2. The minimum absolute atomic E-state index is 0.0152. The van der Waals surface area contributed by atoms with E-state index in [1.807, 2.05) is 36.4 Å². The number of hydrogen-bond acceptors (Lipinski definition) is 12. The van der Waals surface area contributed by atoms with Crippen molar-refractivity contribution in [3.63, 3.8) is 0 Å². The maximum absolute atomic E-state index is 11.2. The van der Waals surface area contributed by atoms with E-state index in [0.29, 0.717) is 30.4 Å². The van der Waals surface area contributed by atoms with Crippen LogP contribution in [0, 0.1) is 0 Å². The molecule has 6 rings (SSSR count). The summed E-state index contributed by atoms with van der Waals surface area (Å²) in [4.78, 5) is 2.38. The van der Waals surface area contributed by atoms with Crippen LogP contribution in [0.4, 0.5) is 5.69 Å². The molecule has 0 fully saturated rings. The number of hydrogen-bond donors (Lipinski definition) is 3. The monoisotopic (exact) mass is 774 g/mol. The number of anilines is 1. The molecule has 0 atom stereocenters. The smallest absolute Gasteiger partial charge is 0.457 e. The number of fused-ring (bicyclic) bond motifs is 2. The van der Waals surface area contributed by atoms with Gasteiger partial charge in [-0.1, -0.05) is 45.0 Å². The SMILES string of the molecule is CCN(CC)CC.CS(=O)(=O)Cc1ccc(Oc2ccc3c(c2)COB3O)cc1.CS(=O)(=O)Cl.Nc1ccc(Oc2ccc3c(c2)COB3O)cc1. The van der Waals surface area contributed by atoms with Crippen LogP contribution in [0.5, 0.6) is 23.0 Å². The lowest BCUT2D eigenvalue weighted by molar-refractivity contribution is 0.274. The quantitative estimate of drug-likeness (QED) is 0.127. The maximum Gasteiger partial charge on any atom is 0.491 e. The van der Waals surface area contributed by atoms with Gasteiger partial charge in [-0.2, -0.15) is 0 Å². The van der Waals surface area contributed by atoms with Gasteiger partial charge in [0.1, 0.15) is 23.0 Å². The van der Waals surface area contributed by atoms with E-state index >= 15 is 0 Å². The number of halogens is 1. The van der Waals surface area contributed by atoms with E-state index in [1.165, 1.54) is 25.9 Å². The van der Waals surface area contributed by atoms with Gasteiger partial charge in [0.25, 0.3) is 0 Å². The van der Waals surface area contributed by atoms with Crippen molar-refractivity contribution in [2.24, 2.45) is 0 Å². The van der Waals surface area contributed by atoms with Gasteiger partial charge in [0, 0.05) is 22.6 Å². The summed E-state index contributed by atoms with van der Waals surface area (Å²) in [7, 11) is -3.41. The van der Waals surface area contributed by atoms with Crippen LogP contribution in [-0.2, 0) is 47.2 Å². The molecule has 2 heterocycles. The van der Waals surface area contributed by atoms with Gasteiger partial charge in [-0.25, -0.2) is 16.8 Å². The fourth-order valence-electron chi connectivity index (χ4n) is 4.98. The Labute approximate surface area is 312 Å². The molecule has 0 unspecified atom stereocenters. The number of rotatable bonds is 9. The van der Waals surface area contributed by atoms with Crippen LogP contribution in [0.15, 0.2) is 84.9 Å². The summed E-state index contributed by atoms with van der Waals surface area (Å²) in [6.45, 7) is 10.9. The first-order valence-electron chi connectivity index (χ1n) is 16.4. The van der Waals surface area contributed by atoms with Crippen molar-refractivity contribution < 1.29 is 45.7 Å². The van der Waals surface area contributed by atoms with E-state index in [-0.39, 0.29) is 5.75 Å². The van der Waals surface area contributed by atoms with Gasteiger partial charge >= 0.3 is 14.2 Å². The number of ether oxygens (including phenoxy) is 2. The first-order chi connectivity index (χ1) is 24.5. The Morgan fingerprint density at radius 3 is 1.40 bits per heavy atom. The van der Waals surface area contributed by atoms with Crippen LogP contribution in [0.2, 0.25) is 0 Å². The zero-order chi connectivity index (χ0) is 38.5. The Balaban J connectivity index is 0.000000217. The lowest BCUT2D eigenvalue weighted by Crippen LogP contribution is -2.27. The minimum Gasteiger partial charge on any atom is -0.457 e. The summed E-state index contributed by atoms with van der Waals surface area (Å²) >= 11 is 0. The second-order valence-electron chi connectivity index (χ2n) is 11.8. The highest BCUT2D eigenvalue weighted by Crippen LogP contribution is 2.26. The summed E-state index contributed by atoms with van der Waals surface area (Å²) in [5.74, 6) is 2.73. The molecule has 4 N–H and O–H groups in total. The molecule has 2 aliphatic heterocycles. The first-order valence-corrected chi connectivity index (χ1v) is 21.2. The largest absolute Gasteiger partial charge is 0.491 e. The molecule has 0 amide bonds. The summed E-state index contributed by atoms with van der Waals surface area (Å²) in [5.41, 5.74) is 10.5. The van der Waals surface area contributed by atoms with Crippen molar-refractivity contribution >= 4 is 60.4 Å². The molecular formula is C35H45B2ClN2O10S2. The molecule has 0 saturated carbocycles. The van der Waals surface area contributed by atoms with Gasteiger partial charge in [-0.3, -0.25) is 0 Å². The van der Waals surface area contributed by atoms with E-state index < -0.39 is 33.1 Å². The van der Waals surface area contributed by atoms with Crippen LogP contribution in [0.1, 0.15) is 37.5 Å². The van der Waals surface area contributed by atoms with E-state index in [2.05, 4.69) is 36.4 Å². The highest BCUT2D eigenvalue weighted by Gasteiger charge is 2.28. The Morgan fingerprint density at radius 1 is 0.692 bits per heavy atom. The number of benzene rings is 4.